The fourth-order valence-electron chi connectivity index (χ4n) is 3.32. The number of nitrogens with zero attached hydrogens (tertiary/aromatic N) is 4. The highest BCUT2D eigenvalue weighted by atomic mass is 32.2. The van der Waals surface area contributed by atoms with E-state index in [0.29, 0.717) is 10.7 Å². The van der Waals surface area contributed by atoms with Gasteiger partial charge >= 0.3 is 0 Å². The van der Waals surface area contributed by atoms with E-state index in [4.69, 9.17) is 4.98 Å². The van der Waals surface area contributed by atoms with Crippen molar-refractivity contribution in [2.75, 3.05) is 11.1 Å². The number of hydrogen-bond donors (Lipinski definition) is 1. The average molecular weight is 406 g/mol. The fourth-order valence-corrected chi connectivity index (χ4v) is 4.09. The van der Waals surface area contributed by atoms with Crippen LogP contribution in [0.3, 0.4) is 0 Å². The SMILES string of the molecule is Cc1ccc(NC(=O)CSc2nc3ccccc3n3c(C(C)C)nnc23)c(C)c1. The van der Waals surface area contributed by atoms with Crippen molar-refractivity contribution in [3.05, 3.63) is 59.4 Å². The Labute approximate surface area is 173 Å². The number of thioether (sulfide) groups is 1. The number of hydrogen-bond acceptors (Lipinski definition) is 5. The molecule has 0 saturated carbocycles. The summed E-state index contributed by atoms with van der Waals surface area (Å²) < 4.78 is 2.05. The van der Waals surface area contributed by atoms with Gasteiger partial charge in [0.25, 0.3) is 0 Å². The van der Waals surface area contributed by atoms with Crippen molar-refractivity contribution in [1.82, 2.24) is 19.6 Å². The first kappa shape index (κ1) is 19.4. The van der Waals surface area contributed by atoms with E-state index < -0.39 is 0 Å². The summed E-state index contributed by atoms with van der Waals surface area (Å²) in [6, 6.07) is 13.9. The Hall–Kier alpha value is -2.93. The molecule has 29 heavy (non-hydrogen) atoms. The van der Waals surface area contributed by atoms with Crippen molar-refractivity contribution in [2.24, 2.45) is 0 Å². The second-order valence-electron chi connectivity index (χ2n) is 7.43. The van der Waals surface area contributed by atoms with Crippen LogP contribution in [0, 0.1) is 13.8 Å². The molecule has 0 saturated heterocycles. The van der Waals surface area contributed by atoms with Gasteiger partial charge in [0, 0.05) is 11.6 Å². The molecule has 0 radical (unpaired) electrons. The van der Waals surface area contributed by atoms with Gasteiger partial charge in [0.2, 0.25) is 5.91 Å². The predicted octanol–water partition coefficient (Wildman–Crippen LogP) is 4.75. The molecule has 2 aromatic carbocycles. The fraction of sp³-hybridized carbons (Fsp3) is 0.273. The van der Waals surface area contributed by atoms with Crippen LogP contribution in [0.25, 0.3) is 16.7 Å². The maximum atomic E-state index is 12.5. The smallest absolute Gasteiger partial charge is 0.234 e. The van der Waals surface area contributed by atoms with E-state index in [2.05, 4.69) is 39.8 Å². The van der Waals surface area contributed by atoms with E-state index in [1.807, 2.05) is 50.2 Å². The van der Waals surface area contributed by atoms with Gasteiger partial charge in [-0.15, -0.1) is 10.2 Å². The van der Waals surface area contributed by atoms with Crippen LogP contribution in [0.5, 0.6) is 0 Å². The first-order valence-electron chi connectivity index (χ1n) is 9.57. The lowest BCUT2D eigenvalue weighted by molar-refractivity contribution is -0.113. The minimum absolute atomic E-state index is 0.0707. The molecular weight excluding hydrogens is 382 g/mol. The standard InChI is InChI=1S/C22H23N5OS/c1-13(2)20-25-26-21-22(24-17-7-5-6-8-18(17)27(20)21)29-12-19(28)23-16-10-9-14(3)11-15(16)4/h5-11,13H,12H2,1-4H3,(H,23,28). The Balaban J connectivity index is 1.63. The Kier molecular flexibility index (Phi) is 5.24. The zero-order valence-corrected chi connectivity index (χ0v) is 17.7. The summed E-state index contributed by atoms with van der Waals surface area (Å²) in [6.07, 6.45) is 0. The zero-order valence-electron chi connectivity index (χ0n) is 16.9. The lowest BCUT2D eigenvalue weighted by atomic mass is 10.1. The van der Waals surface area contributed by atoms with Crippen molar-refractivity contribution in [2.45, 2.75) is 38.6 Å². The molecule has 6 nitrogen and oxygen atoms in total. The third-order valence-electron chi connectivity index (χ3n) is 4.74. The van der Waals surface area contributed by atoms with Crippen molar-refractivity contribution in [3.63, 3.8) is 0 Å². The van der Waals surface area contributed by atoms with Crippen molar-refractivity contribution in [3.8, 4) is 0 Å². The van der Waals surface area contributed by atoms with Crippen LogP contribution in [-0.2, 0) is 4.79 Å². The predicted molar refractivity (Wildman–Crippen MR) is 118 cm³/mol. The van der Waals surface area contributed by atoms with Gasteiger partial charge in [-0.1, -0.05) is 55.4 Å². The van der Waals surface area contributed by atoms with Crippen LogP contribution >= 0.6 is 11.8 Å². The lowest BCUT2D eigenvalue weighted by Crippen LogP contribution is -2.15. The minimum Gasteiger partial charge on any atom is -0.325 e. The molecule has 0 spiro atoms. The second-order valence-corrected chi connectivity index (χ2v) is 8.40. The van der Waals surface area contributed by atoms with E-state index in [-0.39, 0.29) is 17.6 Å². The average Bonchev–Trinajstić information content (AvgIpc) is 3.14. The van der Waals surface area contributed by atoms with Crippen LogP contribution in [-0.4, -0.2) is 31.2 Å². The third-order valence-corrected chi connectivity index (χ3v) is 5.69. The first-order valence-corrected chi connectivity index (χ1v) is 10.6. The third kappa shape index (κ3) is 3.82. The van der Waals surface area contributed by atoms with E-state index in [1.54, 1.807) is 0 Å². The summed E-state index contributed by atoms with van der Waals surface area (Å²) in [5.41, 5.74) is 5.58. The minimum atomic E-state index is -0.0707. The molecule has 148 valence electrons. The number of rotatable bonds is 5. The number of aromatic nitrogens is 4. The number of nitrogens with one attached hydrogen (secondary N) is 1. The van der Waals surface area contributed by atoms with Crippen LogP contribution < -0.4 is 5.32 Å². The summed E-state index contributed by atoms with van der Waals surface area (Å²) in [5.74, 6) is 1.29. The number of amides is 1. The molecule has 0 aliphatic heterocycles. The normalized spacial score (nSPS) is 11.5. The molecular formula is C22H23N5OS. The van der Waals surface area contributed by atoms with Gasteiger partial charge in [-0.05, 0) is 37.6 Å². The number of carbonyl (C=O) groups is 1. The van der Waals surface area contributed by atoms with Gasteiger partial charge < -0.3 is 5.32 Å². The first-order chi connectivity index (χ1) is 13.9. The van der Waals surface area contributed by atoms with E-state index in [1.165, 1.54) is 17.3 Å². The van der Waals surface area contributed by atoms with E-state index in [0.717, 1.165) is 28.1 Å². The molecule has 4 rings (SSSR count). The molecule has 1 N–H and O–H groups in total. The zero-order chi connectivity index (χ0) is 20.5. The molecule has 2 heterocycles. The van der Waals surface area contributed by atoms with Crippen LogP contribution in [0.1, 0.15) is 36.7 Å². The van der Waals surface area contributed by atoms with Crippen LogP contribution in [0.2, 0.25) is 0 Å². The molecule has 4 aromatic rings. The molecule has 0 unspecified atom stereocenters. The molecule has 0 fully saturated rings. The summed E-state index contributed by atoms with van der Waals surface area (Å²) in [7, 11) is 0. The quantitative estimate of drug-likeness (QED) is 0.485. The number of para-hydroxylation sites is 2. The molecule has 2 aromatic heterocycles. The Morgan fingerprint density at radius 1 is 1.14 bits per heavy atom. The number of anilines is 1. The van der Waals surface area contributed by atoms with Crippen LogP contribution in [0.15, 0.2) is 47.5 Å². The summed E-state index contributed by atoms with van der Waals surface area (Å²) in [6.45, 7) is 8.22. The van der Waals surface area contributed by atoms with E-state index in [9.17, 15) is 4.79 Å². The molecule has 1 amide bonds. The summed E-state index contributed by atoms with van der Waals surface area (Å²) >= 11 is 1.38. The number of fused-ring (bicyclic) bond motifs is 3. The van der Waals surface area contributed by atoms with Gasteiger partial charge in [0.15, 0.2) is 5.65 Å². The number of benzene rings is 2. The summed E-state index contributed by atoms with van der Waals surface area (Å²) in [5, 5.41) is 12.4. The Morgan fingerprint density at radius 2 is 1.93 bits per heavy atom. The monoisotopic (exact) mass is 405 g/mol. The topological polar surface area (TPSA) is 72.2 Å². The second kappa shape index (κ2) is 7.83. The van der Waals surface area contributed by atoms with Gasteiger partial charge in [-0.2, -0.15) is 0 Å². The number of carbonyl (C=O) groups excluding carboxylic acids is 1. The van der Waals surface area contributed by atoms with Gasteiger partial charge in [0.1, 0.15) is 10.9 Å². The molecule has 0 bridgehead atoms. The maximum absolute atomic E-state index is 12.5. The van der Waals surface area contributed by atoms with Crippen molar-refractivity contribution in [1.29, 1.82) is 0 Å². The number of aryl methyl sites for hydroxylation is 2. The highest BCUT2D eigenvalue weighted by Crippen LogP contribution is 2.28. The molecule has 0 atom stereocenters. The molecule has 0 aliphatic rings. The van der Waals surface area contributed by atoms with Gasteiger partial charge in [-0.3, -0.25) is 9.20 Å². The van der Waals surface area contributed by atoms with Crippen molar-refractivity contribution >= 4 is 40.0 Å². The highest BCUT2D eigenvalue weighted by molar-refractivity contribution is 8.00. The van der Waals surface area contributed by atoms with Gasteiger partial charge in [0.05, 0.1) is 16.8 Å². The molecule has 7 heteroatoms. The lowest BCUT2D eigenvalue weighted by Gasteiger charge is -2.11. The Morgan fingerprint density at radius 3 is 2.69 bits per heavy atom. The van der Waals surface area contributed by atoms with E-state index >= 15 is 0 Å². The van der Waals surface area contributed by atoms with Crippen molar-refractivity contribution < 1.29 is 4.79 Å². The van der Waals surface area contributed by atoms with Gasteiger partial charge in [-0.25, -0.2) is 4.98 Å². The summed E-state index contributed by atoms with van der Waals surface area (Å²) in [4.78, 5) is 17.3. The highest BCUT2D eigenvalue weighted by Gasteiger charge is 2.18. The maximum Gasteiger partial charge on any atom is 0.234 e. The molecule has 0 aliphatic carbocycles. The Bertz CT molecular complexity index is 1210. The largest absolute Gasteiger partial charge is 0.325 e. The van der Waals surface area contributed by atoms with Crippen LogP contribution in [0.4, 0.5) is 5.69 Å².